The Bertz CT molecular complexity index is 307. The lowest BCUT2D eigenvalue weighted by Crippen LogP contribution is -2.00. The molecule has 0 bridgehead atoms. The van der Waals surface area contributed by atoms with Gasteiger partial charge in [-0.05, 0) is 24.5 Å². The topological polar surface area (TPSA) is 17.1 Å². The Morgan fingerprint density at radius 2 is 2.00 bits per heavy atom. The molecule has 0 aliphatic carbocycles. The Hall–Kier alpha value is -1.18. The van der Waals surface area contributed by atoms with Crippen molar-refractivity contribution in [3.63, 3.8) is 0 Å². The van der Waals surface area contributed by atoms with Crippen molar-refractivity contribution in [2.45, 2.75) is 32.6 Å². The highest BCUT2D eigenvalue weighted by molar-refractivity contribution is 5.78. The first kappa shape index (κ1) is 10.9. The van der Waals surface area contributed by atoms with Crippen molar-refractivity contribution >= 4 is 5.78 Å². The Labute approximate surface area is 83.9 Å². The lowest BCUT2D eigenvalue weighted by molar-refractivity contribution is -0.119. The van der Waals surface area contributed by atoms with Gasteiger partial charge in [-0.1, -0.05) is 25.1 Å². The predicted octanol–water partition coefficient (Wildman–Crippen LogP) is 3.13. The van der Waals surface area contributed by atoms with Crippen LogP contribution in [0.15, 0.2) is 24.3 Å². The molecule has 0 spiro atoms. The van der Waals surface area contributed by atoms with Gasteiger partial charge >= 0.3 is 0 Å². The molecule has 1 nitrogen and oxygen atoms in total. The largest absolute Gasteiger partial charge is 0.300 e. The second-order valence-corrected chi connectivity index (χ2v) is 3.38. The van der Waals surface area contributed by atoms with Crippen molar-refractivity contribution < 1.29 is 9.18 Å². The molecule has 0 N–H and O–H groups in total. The van der Waals surface area contributed by atoms with Gasteiger partial charge in [0.05, 0.1) is 0 Å². The quantitative estimate of drug-likeness (QED) is 0.703. The van der Waals surface area contributed by atoms with Crippen molar-refractivity contribution in [2.75, 3.05) is 0 Å². The predicted molar refractivity (Wildman–Crippen MR) is 54.6 cm³/mol. The number of aryl methyl sites for hydroxylation is 1. The fourth-order valence-electron chi connectivity index (χ4n) is 1.38. The van der Waals surface area contributed by atoms with Crippen LogP contribution in [0.4, 0.5) is 4.39 Å². The molecule has 0 fully saturated rings. The zero-order chi connectivity index (χ0) is 10.4. The molecule has 1 rings (SSSR count). The van der Waals surface area contributed by atoms with Gasteiger partial charge in [0.25, 0.3) is 0 Å². The molecule has 0 heterocycles. The molecule has 0 unspecified atom stereocenters. The summed E-state index contributed by atoms with van der Waals surface area (Å²) in [5.41, 5.74) is 0.636. The average Bonchev–Trinajstić information content (AvgIpc) is 2.17. The van der Waals surface area contributed by atoms with E-state index in [9.17, 15) is 9.18 Å². The molecule has 0 aromatic heterocycles. The molecule has 0 amide bonds. The molecule has 0 aliphatic heterocycles. The molecule has 1 aromatic carbocycles. The molecule has 0 saturated heterocycles. The molecule has 0 atom stereocenters. The lowest BCUT2D eigenvalue weighted by Gasteiger charge is -2.01. The van der Waals surface area contributed by atoms with Gasteiger partial charge in [0.1, 0.15) is 11.6 Å². The van der Waals surface area contributed by atoms with E-state index in [1.165, 1.54) is 6.07 Å². The smallest absolute Gasteiger partial charge is 0.133 e. The van der Waals surface area contributed by atoms with Gasteiger partial charge in [-0.2, -0.15) is 0 Å². The van der Waals surface area contributed by atoms with Gasteiger partial charge in [-0.25, -0.2) is 4.39 Å². The van der Waals surface area contributed by atoms with E-state index in [0.29, 0.717) is 24.8 Å². The van der Waals surface area contributed by atoms with Gasteiger partial charge in [-0.15, -0.1) is 0 Å². The summed E-state index contributed by atoms with van der Waals surface area (Å²) in [6.07, 6.45) is 2.45. The molecular formula is C12H15FO. The first-order valence-corrected chi connectivity index (χ1v) is 4.99. The fourth-order valence-corrected chi connectivity index (χ4v) is 1.38. The van der Waals surface area contributed by atoms with E-state index < -0.39 is 0 Å². The zero-order valence-electron chi connectivity index (χ0n) is 8.42. The number of carbonyl (C=O) groups excluding carboxylic acids is 1. The second kappa shape index (κ2) is 5.53. The summed E-state index contributed by atoms with van der Waals surface area (Å²) in [5.74, 6) is 0.00699. The second-order valence-electron chi connectivity index (χ2n) is 3.38. The number of Topliss-reactive ketones (excluding diaryl/α,β-unsaturated/α-hetero) is 1. The Morgan fingerprint density at radius 3 is 2.64 bits per heavy atom. The number of benzene rings is 1. The summed E-state index contributed by atoms with van der Waals surface area (Å²) in [4.78, 5) is 11.2. The van der Waals surface area contributed by atoms with Crippen molar-refractivity contribution in [3.8, 4) is 0 Å². The van der Waals surface area contributed by atoms with Crippen LogP contribution < -0.4 is 0 Å². The number of hydrogen-bond acceptors (Lipinski definition) is 1. The number of rotatable bonds is 5. The molecular weight excluding hydrogens is 179 g/mol. The van der Waals surface area contributed by atoms with Crippen LogP contribution in [-0.4, -0.2) is 5.78 Å². The number of halogens is 1. The summed E-state index contributed by atoms with van der Waals surface area (Å²) in [6.45, 7) is 1.97. The van der Waals surface area contributed by atoms with Crippen LogP contribution in [0.3, 0.4) is 0 Å². The van der Waals surface area contributed by atoms with Crippen LogP contribution in [0.5, 0.6) is 0 Å². The molecule has 0 radical (unpaired) electrons. The maximum absolute atomic E-state index is 13.1. The van der Waals surface area contributed by atoms with E-state index in [2.05, 4.69) is 0 Å². The van der Waals surface area contributed by atoms with E-state index in [-0.39, 0.29) is 11.6 Å². The summed E-state index contributed by atoms with van der Waals surface area (Å²) in [6, 6.07) is 6.61. The highest BCUT2D eigenvalue weighted by atomic mass is 19.1. The first-order chi connectivity index (χ1) is 6.74. The van der Waals surface area contributed by atoms with Crippen molar-refractivity contribution in [1.29, 1.82) is 0 Å². The van der Waals surface area contributed by atoms with Crippen LogP contribution in [0.1, 0.15) is 31.7 Å². The van der Waals surface area contributed by atoms with Crippen LogP contribution in [-0.2, 0) is 11.2 Å². The van der Waals surface area contributed by atoms with Crippen LogP contribution in [0, 0.1) is 5.82 Å². The summed E-state index contributed by atoms with van der Waals surface area (Å²) >= 11 is 0. The third-order valence-corrected chi connectivity index (χ3v) is 2.16. The highest BCUT2D eigenvalue weighted by Crippen LogP contribution is 2.09. The van der Waals surface area contributed by atoms with Crippen LogP contribution in [0.2, 0.25) is 0 Å². The summed E-state index contributed by atoms with van der Waals surface area (Å²) < 4.78 is 13.1. The van der Waals surface area contributed by atoms with Gasteiger partial charge in [0.2, 0.25) is 0 Å². The standard InChI is InChI=1S/C12H15FO/c1-2-5-11(14)9-8-10-6-3-4-7-12(10)13/h3-4,6-7H,2,5,8-9H2,1H3. The SMILES string of the molecule is CCCC(=O)CCc1ccccc1F. The van der Waals surface area contributed by atoms with Gasteiger partial charge < -0.3 is 0 Å². The summed E-state index contributed by atoms with van der Waals surface area (Å²) in [7, 11) is 0. The third-order valence-electron chi connectivity index (χ3n) is 2.16. The Balaban J connectivity index is 2.46. The number of hydrogen-bond donors (Lipinski definition) is 0. The molecule has 2 heteroatoms. The monoisotopic (exact) mass is 194 g/mol. The lowest BCUT2D eigenvalue weighted by atomic mass is 10.1. The van der Waals surface area contributed by atoms with E-state index in [4.69, 9.17) is 0 Å². The Kier molecular flexibility index (Phi) is 4.30. The molecule has 1 aromatic rings. The van der Waals surface area contributed by atoms with Crippen LogP contribution in [0.25, 0.3) is 0 Å². The van der Waals surface area contributed by atoms with Gasteiger partial charge in [0, 0.05) is 12.8 Å². The van der Waals surface area contributed by atoms with E-state index >= 15 is 0 Å². The van der Waals surface area contributed by atoms with E-state index in [0.717, 1.165) is 6.42 Å². The zero-order valence-corrected chi connectivity index (χ0v) is 8.42. The average molecular weight is 194 g/mol. The highest BCUT2D eigenvalue weighted by Gasteiger charge is 2.04. The third kappa shape index (κ3) is 3.29. The minimum Gasteiger partial charge on any atom is -0.300 e. The minimum atomic E-state index is -0.211. The molecule has 76 valence electrons. The van der Waals surface area contributed by atoms with Crippen LogP contribution >= 0.6 is 0 Å². The maximum atomic E-state index is 13.1. The molecule has 14 heavy (non-hydrogen) atoms. The van der Waals surface area contributed by atoms with Crippen molar-refractivity contribution in [1.82, 2.24) is 0 Å². The Morgan fingerprint density at radius 1 is 1.29 bits per heavy atom. The van der Waals surface area contributed by atoms with Gasteiger partial charge in [-0.3, -0.25) is 4.79 Å². The fraction of sp³-hybridized carbons (Fsp3) is 0.417. The van der Waals surface area contributed by atoms with Gasteiger partial charge in [0.15, 0.2) is 0 Å². The molecule has 0 saturated carbocycles. The molecule has 0 aliphatic rings. The van der Waals surface area contributed by atoms with Crippen molar-refractivity contribution in [2.24, 2.45) is 0 Å². The first-order valence-electron chi connectivity index (χ1n) is 4.99. The number of ketones is 1. The number of carbonyl (C=O) groups is 1. The van der Waals surface area contributed by atoms with E-state index in [1.54, 1.807) is 18.2 Å². The minimum absolute atomic E-state index is 0.211. The van der Waals surface area contributed by atoms with Crippen molar-refractivity contribution in [3.05, 3.63) is 35.6 Å². The van der Waals surface area contributed by atoms with E-state index in [1.807, 2.05) is 6.92 Å². The normalized spacial score (nSPS) is 10.1. The summed E-state index contributed by atoms with van der Waals surface area (Å²) in [5, 5.41) is 0. The maximum Gasteiger partial charge on any atom is 0.133 e.